The molecule has 2 rings (SSSR count). The van der Waals surface area contributed by atoms with E-state index in [1.165, 1.54) is 11.1 Å². The van der Waals surface area contributed by atoms with Crippen molar-refractivity contribution in [1.29, 1.82) is 0 Å². The third-order valence-corrected chi connectivity index (χ3v) is 4.89. The Bertz CT molecular complexity index is 599. The van der Waals surface area contributed by atoms with Crippen LogP contribution in [0.2, 0.25) is 0 Å². The van der Waals surface area contributed by atoms with Gasteiger partial charge in [-0.2, -0.15) is 17.2 Å². The largest absolute Gasteiger partial charge is 1.00 e. The van der Waals surface area contributed by atoms with E-state index in [9.17, 15) is 4.21 Å². The first-order valence-corrected chi connectivity index (χ1v) is 8.42. The number of aryl methyl sites for hydroxylation is 2. The van der Waals surface area contributed by atoms with Crippen LogP contribution in [-0.4, -0.2) is 4.21 Å². The first kappa shape index (κ1) is 18.0. The summed E-state index contributed by atoms with van der Waals surface area (Å²) in [6.45, 7) is 4.14. The molecule has 0 aromatic heterocycles. The van der Waals surface area contributed by atoms with Gasteiger partial charge in [0, 0.05) is 21.0 Å². The Labute approximate surface area is 154 Å². The molecule has 2 aromatic rings. The fourth-order valence-corrected chi connectivity index (χ4v) is 3.56. The number of hydrogen-bond acceptors (Lipinski definition) is 1. The van der Waals surface area contributed by atoms with Crippen LogP contribution in [0, 0.1) is 19.6 Å². The van der Waals surface area contributed by atoms with Crippen molar-refractivity contribution in [2.24, 2.45) is 0 Å². The van der Waals surface area contributed by atoms with Crippen molar-refractivity contribution in [3.05, 3.63) is 70.5 Å². The van der Waals surface area contributed by atoms with E-state index in [4.69, 9.17) is 0 Å². The minimum atomic E-state index is -1.10. The SMILES string of the molecule is Cc1cc(CBr)c(C)cc1[CH-]S(=O)c1ccccc1.[Na+]. The minimum absolute atomic E-state index is 0. The number of alkyl halides is 1. The minimum Gasteiger partial charge on any atom is -0.263 e. The van der Waals surface area contributed by atoms with Gasteiger partial charge in [-0.3, -0.25) is 4.21 Å². The number of hydrogen-bond donors (Lipinski definition) is 0. The van der Waals surface area contributed by atoms with Crippen molar-refractivity contribution in [2.75, 3.05) is 0 Å². The Morgan fingerprint density at radius 3 is 2.35 bits per heavy atom. The van der Waals surface area contributed by atoms with E-state index in [1.807, 2.05) is 36.1 Å². The van der Waals surface area contributed by atoms with Crippen LogP contribution in [-0.2, 0) is 16.1 Å². The molecule has 20 heavy (non-hydrogen) atoms. The summed E-state index contributed by atoms with van der Waals surface area (Å²) in [7, 11) is -1.10. The van der Waals surface area contributed by atoms with Crippen molar-refractivity contribution < 1.29 is 33.8 Å². The van der Waals surface area contributed by atoms with Crippen molar-refractivity contribution in [3.8, 4) is 0 Å². The molecule has 4 heteroatoms. The summed E-state index contributed by atoms with van der Waals surface area (Å²) in [6.07, 6.45) is 0. The third kappa shape index (κ3) is 4.47. The van der Waals surface area contributed by atoms with Crippen LogP contribution in [0.5, 0.6) is 0 Å². The van der Waals surface area contributed by atoms with Gasteiger partial charge >= 0.3 is 29.6 Å². The van der Waals surface area contributed by atoms with Gasteiger partial charge in [-0.25, -0.2) is 0 Å². The molecule has 0 aliphatic rings. The van der Waals surface area contributed by atoms with E-state index in [-0.39, 0.29) is 29.6 Å². The first-order valence-electron chi connectivity index (χ1n) is 6.08. The van der Waals surface area contributed by atoms with Crippen LogP contribution in [0.3, 0.4) is 0 Å². The van der Waals surface area contributed by atoms with Gasteiger partial charge in [-0.15, -0.1) is 11.6 Å². The zero-order valence-electron chi connectivity index (χ0n) is 12.0. The summed E-state index contributed by atoms with van der Waals surface area (Å²) >= 11 is 3.48. The molecule has 1 nitrogen and oxygen atoms in total. The maximum absolute atomic E-state index is 12.3. The topological polar surface area (TPSA) is 17.1 Å². The van der Waals surface area contributed by atoms with E-state index in [1.54, 1.807) is 0 Å². The van der Waals surface area contributed by atoms with Crippen LogP contribution in [0.4, 0.5) is 0 Å². The quantitative estimate of drug-likeness (QED) is 0.460. The van der Waals surface area contributed by atoms with Crippen LogP contribution in [0.25, 0.3) is 0 Å². The Morgan fingerprint density at radius 1 is 1.10 bits per heavy atom. The zero-order valence-corrected chi connectivity index (χ0v) is 16.4. The molecule has 0 saturated heterocycles. The van der Waals surface area contributed by atoms with Gasteiger partial charge < -0.3 is 0 Å². The summed E-state index contributed by atoms with van der Waals surface area (Å²) in [6, 6.07) is 13.8. The second-order valence-corrected chi connectivity index (χ2v) is 6.36. The van der Waals surface area contributed by atoms with E-state index < -0.39 is 10.8 Å². The maximum Gasteiger partial charge on any atom is 1.00 e. The number of benzene rings is 2. The summed E-state index contributed by atoms with van der Waals surface area (Å²) < 4.78 is 12.3. The first-order chi connectivity index (χ1) is 9.11. The second kappa shape index (κ2) is 8.40. The predicted octanol–water partition coefficient (Wildman–Crippen LogP) is 1.52. The molecule has 0 bridgehead atoms. The van der Waals surface area contributed by atoms with Crippen LogP contribution < -0.4 is 29.6 Å². The average Bonchev–Trinajstić information content (AvgIpc) is 2.43. The van der Waals surface area contributed by atoms with Crippen molar-refractivity contribution in [3.63, 3.8) is 0 Å². The molecule has 0 heterocycles. The zero-order chi connectivity index (χ0) is 13.8. The van der Waals surface area contributed by atoms with Crippen molar-refractivity contribution in [1.82, 2.24) is 0 Å². The van der Waals surface area contributed by atoms with Crippen molar-refractivity contribution >= 4 is 26.7 Å². The van der Waals surface area contributed by atoms with E-state index in [0.717, 1.165) is 21.4 Å². The molecule has 1 atom stereocenters. The van der Waals surface area contributed by atoms with Gasteiger partial charge in [0.15, 0.2) is 0 Å². The Hall–Kier alpha value is -0.0600. The fourth-order valence-electron chi connectivity index (χ4n) is 1.91. The summed E-state index contributed by atoms with van der Waals surface area (Å²) in [4.78, 5) is 0.837. The molecule has 0 amide bonds. The van der Waals surface area contributed by atoms with Crippen LogP contribution >= 0.6 is 15.9 Å². The van der Waals surface area contributed by atoms with E-state index in [0.29, 0.717) is 0 Å². The van der Waals surface area contributed by atoms with Crippen LogP contribution in [0.1, 0.15) is 22.3 Å². The van der Waals surface area contributed by atoms with Gasteiger partial charge in [0.1, 0.15) is 0 Å². The standard InChI is InChI=1S/C16H16BrOS.Na/c1-12-9-15(13(2)8-14(12)10-17)11-19(18)16-6-4-3-5-7-16;/h3-9,11H,10H2,1-2H3;/q-1;+1. The average molecular weight is 359 g/mol. The van der Waals surface area contributed by atoms with Gasteiger partial charge in [-0.1, -0.05) is 59.3 Å². The predicted molar refractivity (Wildman–Crippen MR) is 84.8 cm³/mol. The van der Waals surface area contributed by atoms with Crippen molar-refractivity contribution in [2.45, 2.75) is 24.1 Å². The monoisotopic (exact) mass is 358 g/mol. The van der Waals surface area contributed by atoms with E-state index in [2.05, 4.69) is 41.9 Å². The summed E-state index contributed by atoms with van der Waals surface area (Å²) in [5.41, 5.74) is 4.70. The molecular formula is C16H16BrNaOS. The third-order valence-electron chi connectivity index (χ3n) is 3.08. The van der Waals surface area contributed by atoms with Gasteiger partial charge in [0.05, 0.1) is 0 Å². The Morgan fingerprint density at radius 2 is 1.75 bits per heavy atom. The normalized spacial score (nSPS) is 11.6. The molecule has 0 N–H and O–H groups in total. The molecule has 0 aliphatic carbocycles. The van der Waals surface area contributed by atoms with E-state index >= 15 is 0 Å². The smallest absolute Gasteiger partial charge is 0.263 e. The molecule has 0 spiro atoms. The Kier molecular flexibility index (Phi) is 7.56. The molecule has 2 aromatic carbocycles. The molecule has 100 valence electrons. The van der Waals surface area contributed by atoms with Crippen LogP contribution in [0.15, 0.2) is 47.4 Å². The van der Waals surface area contributed by atoms with Gasteiger partial charge in [0.2, 0.25) is 0 Å². The van der Waals surface area contributed by atoms with Gasteiger partial charge in [0.25, 0.3) is 0 Å². The summed E-state index contributed by atoms with van der Waals surface area (Å²) in [5, 5.41) is 0.849. The number of halogens is 1. The molecule has 0 fully saturated rings. The summed E-state index contributed by atoms with van der Waals surface area (Å²) in [5.74, 6) is 1.83. The maximum atomic E-state index is 12.3. The molecule has 0 saturated carbocycles. The number of rotatable bonds is 4. The molecule has 0 aliphatic heterocycles. The molecular weight excluding hydrogens is 343 g/mol. The Balaban J connectivity index is 0.00000200. The fraction of sp³-hybridized carbons (Fsp3) is 0.188. The molecule has 1 unspecified atom stereocenters. The van der Waals surface area contributed by atoms with Gasteiger partial charge in [-0.05, 0) is 12.1 Å². The second-order valence-electron chi connectivity index (χ2n) is 4.50. The molecule has 0 radical (unpaired) electrons.